The van der Waals surface area contributed by atoms with Crippen LogP contribution >= 0.6 is 0 Å². The summed E-state index contributed by atoms with van der Waals surface area (Å²) in [5.74, 6) is 0.225. The molecule has 0 atom stereocenters. The number of alkyl halides is 3. The normalized spacial score (nSPS) is 15.2. The average molecular weight is 386 g/mol. The van der Waals surface area contributed by atoms with Crippen molar-refractivity contribution in [1.82, 2.24) is 4.98 Å². The van der Waals surface area contributed by atoms with E-state index in [2.05, 4.69) is 4.98 Å². The summed E-state index contributed by atoms with van der Waals surface area (Å²) in [5.41, 5.74) is -0.345. The van der Waals surface area contributed by atoms with Gasteiger partial charge in [-0.05, 0) is 29.7 Å². The summed E-state index contributed by atoms with van der Waals surface area (Å²) in [6, 6.07) is 12.0. The SMILES string of the molecule is O=C1CCN(c2ccc3cc(-c4ccccc4C(F)(F)F)[nH]c(=O)c3c2)CC1. The fourth-order valence-corrected chi connectivity index (χ4v) is 3.57. The molecule has 0 radical (unpaired) electrons. The molecular weight excluding hydrogens is 369 g/mol. The van der Waals surface area contributed by atoms with Crippen LogP contribution in [0.4, 0.5) is 18.9 Å². The molecule has 2 aromatic carbocycles. The molecule has 1 saturated heterocycles. The van der Waals surface area contributed by atoms with E-state index in [1.54, 1.807) is 18.2 Å². The van der Waals surface area contributed by atoms with Crippen LogP contribution in [0, 0.1) is 0 Å². The molecule has 7 heteroatoms. The first-order chi connectivity index (χ1) is 13.3. The van der Waals surface area contributed by atoms with Crippen molar-refractivity contribution in [3.63, 3.8) is 0 Å². The van der Waals surface area contributed by atoms with Crippen LogP contribution in [-0.4, -0.2) is 23.9 Å². The molecule has 0 spiro atoms. The molecule has 144 valence electrons. The number of rotatable bonds is 2. The first kappa shape index (κ1) is 18.3. The zero-order valence-electron chi connectivity index (χ0n) is 14.8. The van der Waals surface area contributed by atoms with Crippen molar-refractivity contribution in [1.29, 1.82) is 0 Å². The van der Waals surface area contributed by atoms with Crippen LogP contribution < -0.4 is 10.5 Å². The molecule has 2 heterocycles. The molecule has 0 unspecified atom stereocenters. The maximum absolute atomic E-state index is 13.3. The molecule has 3 aromatic rings. The first-order valence-electron chi connectivity index (χ1n) is 8.93. The quantitative estimate of drug-likeness (QED) is 0.711. The van der Waals surface area contributed by atoms with Gasteiger partial charge in [0.2, 0.25) is 0 Å². The zero-order valence-corrected chi connectivity index (χ0v) is 14.8. The van der Waals surface area contributed by atoms with E-state index in [1.807, 2.05) is 11.0 Å². The molecule has 28 heavy (non-hydrogen) atoms. The fourth-order valence-electron chi connectivity index (χ4n) is 3.57. The van der Waals surface area contributed by atoms with Crippen molar-refractivity contribution in [2.24, 2.45) is 0 Å². The van der Waals surface area contributed by atoms with E-state index in [0.717, 1.165) is 11.8 Å². The Morgan fingerprint density at radius 3 is 2.36 bits per heavy atom. The highest BCUT2D eigenvalue weighted by Gasteiger charge is 2.33. The number of nitrogens with zero attached hydrogens (tertiary/aromatic N) is 1. The van der Waals surface area contributed by atoms with E-state index in [1.165, 1.54) is 18.2 Å². The third-order valence-electron chi connectivity index (χ3n) is 5.04. The van der Waals surface area contributed by atoms with Gasteiger partial charge in [-0.25, -0.2) is 0 Å². The maximum atomic E-state index is 13.3. The van der Waals surface area contributed by atoms with Crippen LogP contribution in [0.5, 0.6) is 0 Å². The molecule has 0 bridgehead atoms. The lowest BCUT2D eigenvalue weighted by atomic mass is 10.0. The van der Waals surface area contributed by atoms with E-state index >= 15 is 0 Å². The summed E-state index contributed by atoms with van der Waals surface area (Å²) >= 11 is 0. The van der Waals surface area contributed by atoms with E-state index in [0.29, 0.717) is 36.7 Å². The van der Waals surface area contributed by atoms with Gasteiger partial charge in [-0.3, -0.25) is 9.59 Å². The second-order valence-electron chi connectivity index (χ2n) is 6.85. The van der Waals surface area contributed by atoms with E-state index < -0.39 is 17.3 Å². The summed E-state index contributed by atoms with van der Waals surface area (Å²) in [6.45, 7) is 1.19. The predicted molar refractivity (Wildman–Crippen MR) is 101 cm³/mol. The average Bonchev–Trinajstić information content (AvgIpc) is 2.68. The number of carbonyl (C=O) groups excluding carboxylic acids is 1. The lowest BCUT2D eigenvalue weighted by molar-refractivity contribution is -0.137. The number of benzene rings is 2. The number of hydrogen-bond donors (Lipinski definition) is 1. The summed E-state index contributed by atoms with van der Waals surface area (Å²) in [4.78, 5) is 28.6. The molecule has 1 aliphatic heterocycles. The Kier molecular flexibility index (Phi) is 4.45. The number of carbonyl (C=O) groups is 1. The van der Waals surface area contributed by atoms with Crippen molar-refractivity contribution in [2.45, 2.75) is 19.0 Å². The van der Waals surface area contributed by atoms with Gasteiger partial charge < -0.3 is 9.88 Å². The van der Waals surface area contributed by atoms with Crippen molar-refractivity contribution in [3.05, 3.63) is 64.4 Å². The van der Waals surface area contributed by atoms with Crippen LogP contribution in [0.25, 0.3) is 22.0 Å². The topological polar surface area (TPSA) is 53.2 Å². The molecule has 4 rings (SSSR count). The highest BCUT2D eigenvalue weighted by Crippen LogP contribution is 2.36. The van der Waals surface area contributed by atoms with Crippen molar-refractivity contribution in [3.8, 4) is 11.3 Å². The van der Waals surface area contributed by atoms with Gasteiger partial charge in [-0.1, -0.05) is 24.3 Å². The van der Waals surface area contributed by atoms with Gasteiger partial charge in [0, 0.05) is 48.3 Å². The fraction of sp³-hybridized carbons (Fsp3) is 0.238. The number of nitrogens with one attached hydrogen (secondary N) is 1. The molecule has 0 aliphatic carbocycles. The third kappa shape index (κ3) is 3.40. The Bertz CT molecular complexity index is 1110. The summed E-state index contributed by atoms with van der Waals surface area (Å²) in [7, 11) is 0. The van der Waals surface area contributed by atoms with Gasteiger partial charge in [0.25, 0.3) is 5.56 Å². The number of hydrogen-bond acceptors (Lipinski definition) is 3. The standard InChI is InChI=1S/C21H17F3N2O2/c22-21(23,24)18-4-2-1-3-16(18)19-11-13-5-6-14(12-17(13)20(28)25-19)26-9-7-15(27)8-10-26/h1-6,11-12H,7-10H2,(H,25,28). The van der Waals surface area contributed by atoms with Gasteiger partial charge in [0.15, 0.2) is 0 Å². The number of fused-ring (bicyclic) bond motifs is 1. The summed E-state index contributed by atoms with van der Waals surface area (Å²) < 4.78 is 39.9. The number of Topliss-reactive ketones (excluding diaryl/α,β-unsaturated/α-hetero) is 1. The molecule has 4 nitrogen and oxygen atoms in total. The van der Waals surface area contributed by atoms with Crippen LogP contribution in [0.3, 0.4) is 0 Å². The summed E-state index contributed by atoms with van der Waals surface area (Å²) in [5, 5.41) is 0.968. The van der Waals surface area contributed by atoms with E-state index in [4.69, 9.17) is 0 Å². The largest absolute Gasteiger partial charge is 0.417 e. The number of piperidine rings is 1. The van der Waals surface area contributed by atoms with E-state index in [9.17, 15) is 22.8 Å². The predicted octanol–water partition coefficient (Wildman–Crippen LogP) is 4.38. The Labute approximate surface area is 158 Å². The third-order valence-corrected chi connectivity index (χ3v) is 5.04. The molecule has 0 amide bonds. The highest BCUT2D eigenvalue weighted by molar-refractivity contribution is 5.89. The second-order valence-corrected chi connectivity index (χ2v) is 6.85. The highest BCUT2D eigenvalue weighted by atomic mass is 19.4. The Hall–Kier alpha value is -3.09. The smallest absolute Gasteiger partial charge is 0.371 e. The number of anilines is 1. The Morgan fingerprint density at radius 1 is 0.929 bits per heavy atom. The van der Waals surface area contributed by atoms with Crippen LogP contribution in [0.15, 0.2) is 53.3 Å². The summed E-state index contributed by atoms with van der Waals surface area (Å²) in [6.07, 6.45) is -3.57. The number of aromatic nitrogens is 1. The molecule has 1 aromatic heterocycles. The lowest BCUT2D eigenvalue weighted by Crippen LogP contribution is -2.33. The number of aromatic amines is 1. The second kappa shape index (κ2) is 6.82. The Morgan fingerprint density at radius 2 is 1.64 bits per heavy atom. The molecular formula is C21H17F3N2O2. The van der Waals surface area contributed by atoms with Gasteiger partial charge in [-0.2, -0.15) is 13.2 Å². The van der Waals surface area contributed by atoms with Crippen LogP contribution in [-0.2, 0) is 11.0 Å². The maximum Gasteiger partial charge on any atom is 0.417 e. The minimum atomic E-state index is -4.52. The number of pyridine rings is 1. The van der Waals surface area contributed by atoms with Gasteiger partial charge in [0.1, 0.15) is 5.78 Å². The molecule has 1 aliphatic rings. The van der Waals surface area contributed by atoms with Gasteiger partial charge >= 0.3 is 6.18 Å². The first-order valence-corrected chi connectivity index (χ1v) is 8.93. The van der Waals surface area contributed by atoms with Crippen LogP contribution in [0.1, 0.15) is 18.4 Å². The van der Waals surface area contributed by atoms with Crippen molar-refractivity contribution >= 4 is 22.2 Å². The van der Waals surface area contributed by atoms with Gasteiger partial charge in [-0.15, -0.1) is 0 Å². The Balaban J connectivity index is 1.78. The molecule has 1 N–H and O–H groups in total. The van der Waals surface area contributed by atoms with Crippen molar-refractivity contribution < 1.29 is 18.0 Å². The molecule has 1 fully saturated rings. The number of ketones is 1. The molecule has 0 saturated carbocycles. The number of H-pyrrole nitrogens is 1. The van der Waals surface area contributed by atoms with Crippen LogP contribution in [0.2, 0.25) is 0 Å². The minimum Gasteiger partial charge on any atom is -0.371 e. The van der Waals surface area contributed by atoms with Crippen molar-refractivity contribution in [2.75, 3.05) is 18.0 Å². The lowest BCUT2D eigenvalue weighted by Gasteiger charge is -2.28. The van der Waals surface area contributed by atoms with E-state index in [-0.39, 0.29) is 17.0 Å². The minimum absolute atomic E-state index is 0.0624. The number of halogens is 3. The zero-order chi connectivity index (χ0) is 19.9. The van der Waals surface area contributed by atoms with Gasteiger partial charge in [0.05, 0.1) is 5.56 Å². The monoisotopic (exact) mass is 386 g/mol.